The molecule has 49 heavy (non-hydrogen) atoms. The minimum absolute atomic E-state index is 0.112. The summed E-state index contributed by atoms with van der Waals surface area (Å²) in [5.41, 5.74) is 4.39. The molecular formula is C35H25BrN4O8S. The minimum Gasteiger partial charge on any atom is -0.496 e. The second kappa shape index (κ2) is 12.8. The van der Waals surface area contributed by atoms with Gasteiger partial charge >= 0.3 is 5.69 Å². The molecule has 12 nitrogen and oxygen atoms in total. The van der Waals surface area contributed by atoms with Gasteiger partial charge in [0.05, 0.1) is 50.9 Å². The maximum Gasteiger partial charge on any atom is 0.318 e. The largest absolute Gasteiger partial charge is 0.496 e. The van der Waals surface area contributed by atoms with Gasteiger partial charge in [-0.1, -0.05) is 53.8 Å². The molecule has 7 rings (SSSR count). The first kappa shape index (κ1) is 32.0. The van der Waals surface area contributed by atoms with Gasteiger partial charge in [-0.2, -0.15) is 0 Å². The van der Waals surface area contributed by atoms with Crippen molar-refractivity contribution >= 4 is 50.4 Å². The van der Waals surface area contributed by atoms with E-state index in [0.717, 1.165) is 53.4 Å². The van der Waals surface area contributed by atoms with E-state index >= 15 is 0 Å². The number of nitro groups is 2. The maximum atomic E-state index is 14.3. The molecule has 0 N–H and O–H groups in total. The molecule has 2 heterocycles. The molecular weight excluding hydrogens is 716 g/mol. The number of methoxy groups -OCH3 is 2. The van der Waals surface area contributed by atoms with Crippen molar-refractivity contribution in [2.45, 2.75) is 18.9 Å². The number of hydrogen-bond acceptors (Lipinski definition) is 10. The zero-order valence-corrected chi connectivity index (χ0v) is 28.3. The third kappa shape index (κ3) is 5.68. The molecule has 14 heteroatoms. The normalized spacial score (nSPS) is 15.1. The highest BCUT2D eigenvalue weighted by atomic mass is 79.9. The second-order valence-electron chi connectivity index (χ2n) is 11.2. The number of allylic oxidation sites excluding steroid dienone is 1. The number of rotatable bonds is 8. The lowest BCUT2D eigenvalue weighted by Crippen LogP contribution is -2.39. The molecule has 5 aromatic rings. The van der Waals surface area contributed by atoms with E-state index in [1.807, 2.05) is 36.4 Å². The Balaban J connectivity index is 1.35. The molecule has 0 bridgehead atoms. The summed E-state index contributed by atoms with van der Waals surface area (Å²) < 4.78 is 19.8. The molecule has 246 valence electrons. The summed E-state index contributed by atoms with van der Waals surface area (Å²) in [4.78, 5) is 41.3. The van der Waals surface area contributed by atoms with E-state index < -0.39 is 27.3 Å². The van der Waals surface area contributed by atoms with Crippen LogP contribution in [0.2, 0.25) is 0 Å². The first-order valence-electron chi connectivity index (χ1n) is 14.9. The molecule has 1 aliphatic carbocycles. The minimum atomic E-state index is -0.758. The van der Waals surface area contributed by atoms with Crippen LogP contribution >= 0.6 is 27.3 Å². The van der Waals surface area contributed by atoms with E-state index in [9.17, 15) is 25.0 Å². The summed E-state index contributed by atoms with van der Waals surface area (Å²) in [7, 11) is 3.03. The van der Waals surface area contributed by atoms with E-state index in [2.05, 4.69) is 28.1 Å². The van der Waals surface area contributed by atoms with E-state index in [0.29, 0.717) is 25.1 Å². The molecule has 0 unspecified atom stereocenters. The zero-order chi connectivity index (χ0) is 34.4. The van der Waals surface area contributed by atoms with Gasteiger partial charge in [-0.25, -0.2) is 4.99 Å². The Kier molecular flexibility index (Phi) is 8.34. The van der Waals surface area contributed by atoms with Crippen molar-refractivity contribution in [1.82, 2.24) is 4.57 Å². The summed E-state index contributed by atoms with van der Waals surface area (Å²) in [5, 5.41) is 22.9. The van der Waals surface area contributed by atoms with E-state index in [4.69, 9.17) is 19.2 Å². The Bertz CT molecular complexity index is 2420. The third-order valence-electron chi connectivity index (χ3n) is 8.42. The van der Waals surface area contributed by atoms with E-state index in [1.54, 1.807) is 29.9 Å². The van der Waals surface area contributed by atoms with Gasteiger partial charge in [-0.05, 0) is 75.8 Å². The predicted molar refractivity (Wildman–Crippen MR) is 186 cm³/mol. The van der Waals surface area contributed by atoms with Crippen molar-refractivity contribution in [1.29, 1.82) is 0 Å². The molecule has 0 saturated heterocycles. The highest BCUT2D eigenvalue weighted by Crippen LogP contribution is 2.44. The van der Waals surface area contributed by atoms with Gasteiger partial charge in [0.25, 0.3) is 11.2 Å². The third-order valence-corrected chi connectivity index (χ3v) is 9.99. The lowest BCUT2D eigenvalue weighted by Gasteiger charge is -2.31. The quantitative estimate of drug-likeness (QED) is 0.126. The molecule has 2 aliphatic rings. The Labute approximate surface area is 290 Å². The van der Waals surface area contributed by atoms with Gasteiger partial charge < -0.3 is 14.2 Å². The number of aromatic nitrogens is 1. The summed E-state index contributed by atoms with van der Waals surface area (Å²) in [6.45, 7) is 0. The average molecular weight is 742 g/mol. The lowest BCUT2D eigenvalue weighted by atomic mass is 9.83. The standard InChI is InChI=1S/C35H25BrN4O8S/c1-46-27-10-6-5-9-23(27)32-24-13-11-20-7-3-4-8-22(20)31(24)37-35-38(32)34(41)30(49-35)17-19-15-25(36)33(29(16-19)47-2)48-28-14-12-21(39(42)43)18-26(28)40(44)45/h3-10,12,14-18,32H,11,13H2,1-2H3/b30-17+/t32-/m1/s1. The van der Waals surface area contributed by atoms with Crippen LogP contribution in [-0.2, 0) is 6.42 Å². The molecule has 0 radical (unpaired) electrons. The number of hydrogen-bond donors (Lipinski definition) is 0. The Morgan fingerprint density at radius 3 is 2.43 bits per heavy atom. The fourth-order valence-corrected chi connectivity index (χ4v) is 7.76. The number of aryl methyl sites for hydroxylation is 1. The summed E-state index contributed by atoms with van der Waals surface area (Å²) in [6, 6.07) is 21.9. The molecule has 0 fully saturated rings. The first-order chi connectivity index (χ1) is 23.7. The van der Waals surface area contributed by atoms with Crippen molar-refractivity contribution in [2.24, 2.45) is 4.99 Å². The van der Waals surface area contributed by atoms with Crippen molar-refractivity contribution < 1.29 is 24.1 Å². The van der Waals surface area contributed by atoms with Crippen LogP contribution in [0.3, 0.4) is 0 Å². The average Bonchev–Trinajstić information content (AvgIpc) is 3.41. The van der Waals surface area contributed by atoms with Crippen LogP contribution in [0.15, 0.2) is 98.7 Å². The zero-order valence-electron chi connectivity index (χ0n) is 25.9. The lowest BCUT2D eigenvalue weighted by molar-refractivity contribution is -0.394. The van der Waals surface area contributed by atoms with Crippen LogP contribution in [-0.4, -0.2) is 28.6 Å². The van der Waals surface area contributed by atoms with Crippen LogP contribution in [0, 0.1) is 20.2 Å². The number of halogens is 1. The first-order valence-corrected chi connectivity index (χ1v) is 16.5. The van der Waals surface area contributed by atoms with Gasteiger partial charge in [0.15, 0.2) is 16.3 Å². The number of fused-ring (bicyclic) bond motifs is 3. The fourth-order valence-electron chi connectivity index (χ4n) is 6.22. The predicted octanol–water partition coefficient (Wildman–Crippen LogP) is 6.71. The van der Waals surface area contributed by atoms with Crippen LogP contribution in [0.5, 0.6) is 23.0 Å². The van der Waals surface area contributed by atoms with Gasteiger partial charge in [0.2, 0.25) is 5.75 Å². The van der Waals surface area contributed by atoms with Crippen molar-refractivity contribution in [2.75, 3.05) is 14.2 Å². The van der Waals surface area contributed by atoms with Crippen molar-refractivity contribution in [3.8, 4) is 23.0 Å². The molecule has 1 atom stereocenters. The highest BCUT2D eigenvalue weighted by Gasteiger charge is 2.34. The number of ether oxygens (including phenoxy) is 3. The second-order valence-corrected chi connectivity index (χ2v) is 13.0. The van der Waals surface area contributed by atoms with E-state index in [-0.39, 0.29) is 22.8 Å². The molecule has 1 aromatic heterocycles. The van der Waals surface area contributed by atoms with Gasteiger partial charge in [-0.3, -0.25) is 29.6 Å². The maximum absolute atomic E-state index is 14.3. The SMILES string of the molecule is COc1ccccc1[C@@H]1C2=C(N=c3s/c(=C/c4cc(Br)c(Oc5ccc([N+](=O)[O-])cc5[N+](=O)[O-])c(OC)c4)c(=O)n31)c1ccccc1CC2. The van der Waals surface area contributed by atoms with Crippen LogP contribution in [0.4, 0.5) is 11.4 Å². The molecule has 4 aromatic carbocycles. The molecule has 0 spiro atoms. The summed E-state index contributed by atoms with van der Waals surface area (Å²) in [5.74, 6) is 0.783. The smallest absolute Gasteiger partial charge is 0.318 e. The van der Waals surface area contributed by atoms with Gasteiger partial charge in [0, 0.05) is 17.2 Å². The Morgan fingerprint density at radius 2 is 1.67 bits per heavy atom. The van der Waals surface area contributed by atoms with E-state index in [1.165, 1.54) is 24.0 Å². The number of nitrogens with zero attached hydrogens (tertiary/aromatic N) is 4. The summed E-state index contributed by atoms with van der Waals surface area (Å²) >= 11 is 4.75. The van der Waals surface area contributed by atoms with Crippen molar-refractivity contribution in [3.63, 3.8) is 0 Å². The Morgan fingerprint density at radius 1 is 0.918 bits per heavy atom. The van der Waals surface area contributed by atoms with Gasteiger partial charge in [0.1, 0.15) is 5.75 Å². The molecule has 1 aliphatic heterocycles. The number of nitro benzene ring substituents is 2. The van der Waals surface area contributed by atoms with Crippen molar-refractivity contribution in [3.05, 3.63) is 151 Å². The topological polar surface area (TPSA) is 148 Å². The number of thiazole rings is 1. The number of non-ortho nitro benzene ring substituents is 1. The van der Waals surface area contributed by atoms with Crippen LogP contribution in [0.1, 0.15) is 34.7 Å². The van der Waals surface area contributed by atoms with Crippen LogP contribution in [0.25, 0.3) is 11.8 Å². The fraction of sp³-hybridized carbons (Fsp3) is 0.143. The number of para-hydroxylation sites is 1. The van der Waals surface area contributed by atoms with Crippen LogP contribution < -0.4 is 29.1 Å². The molecule has 0 saturated carbocycles. The number of benzene rings is 4. The molecule has 0 amide bonds. The van der Waals surface area contributed by atoms with Gasteiger partial charge in [-0.15, -0.1) is 0 Å². The monoisotopic (exact) mass is 740 g/mol. The highest BCUT2D eigenvalue weighted by molar-refractivity contribution is 9.10. The Hall–Kier alpha value is -5.60. The summed E-state index contributed by atoms with van der Waals surface area (Å²) in [6.07, 6.45) is 3.29.